The van der Waals surface area contributed by atoms with Gasteiger partial charge in [0.05, 0.1) is 4.92 Å². The lowest BCUT2D eigenvalue weighted by Gasteiger charge is -2.19. The summed E-state index contributed by atoms with van der Waals surface area (Å²) in [6.45, 7) is 0.0981. The van der Waals surface area contributed by atoms with Gasteiger partial charge in [-0.3, -0.25) is 10.1 Å². The Morgan fingerprint density at radius 2 is 2.05 bits per heavy atom. The van der Waals surface area contributed by atoms with Crippen LogP contribution in [0.15, 0.2) is 18.2 Å². The van der Waals surface area contributed by atoms with E-state index in [1.807, 2.05) is 0 Å². The van der Waals surface area contributed by atoms with Crippen molar-refractivity contribution in [2.45, 2.75) is 26.5 Å². The molecule has 0 aliphatic heterocycles. The largest absolute Gasteiger partial charge is 0.480 e. The molecule has 0 amide bonds. The lowest BCUT2D eigenvalue weighted by atomic mass is 10.0. The average molecular weight is 304 g/mol. The Kier molecular flexibility index (Phi) is 5.39. The molecular formula is C12H14F2N2O5. The Morgan fingerprint density at radius 3 is 2.48 bits per heavy atom. The Bertz CT molecular complexity index is 536. The van der Waals surface area contributed by atoms with E-state index in [1.54, 1.807) is 13.8 Å². The van der Waals surface area contributed by atoms with E-state index in [9.17, 15) is 23.7 Å². The van der Waals surface area contributed by atoms with Crippen LogP contribution in [0.25, 0.3) is 0 Å². The number of carbonyl (C=O) groups is 1. The number of carboxylic acid groups (broad SMARTS) is 1. The summed E-state index contributed by atoms with van der Waals surface area (Å²) in [5.41, 5.74) is -0.491. The number of halogens is 2. The minimum absolute atomic E-state index is 0.136. The minimum atomic E-state index is -3.22. The Hall–Kier alpha value is -2.45. The molecule has 0 bridgehead atoms. The molecule has 9 heteroatoms. The number of nitro groups is 1. The van der Waals surface area contributed by atoms with E-state index in [0.717, 1.165) is 12.1 Å². The maximum atomic E-state index is 12.3. The molecule has 1 aromatic carbocycles. The molecule has 0 unspecified atom stereocenters. The number of rotatable bonds is 7. The first-order valence-electron chi connectivity index (χ1n) is 5.95. The van der Waals surface area contributed by atoms with Crippen LogP contribution in [0.3, 0.4) is 0 Å². The summed E-state index contributed by atoms with van der Waals surface area (Å²) in [6.07, 6.45) is 0. The van der Waals surface area contributed by atoms with Gasteiger partial charge in [-0.2, -0.15) is 8.78 Å². The molecule has 1 rings (SSSR count). The predicted octanol–water partition coefficient (Wildman–Crippen LogP) is 2.72. The maximum Gasteiger partial charge on any atom is 0.387 e. The topological polar surface area (TPSA) is 102 Å². The first-order chi connectivity index (χ1) is 9.72. The summed E-state index contributed by atoms with van der Waals surface area (Å²) in [5.74, 6) is -2.04. The van der Waals surface area contributed by atoms with Crippen LogP contribution in [0, 0.1) is 16.0 Å². The molecule has 0 radical (unpaired) electrons. The van der Waals surface area contributed by atoms with Crippen molar-refractivity contribution in [3.8, 4) is 5.75 Å². The number of anilines is 1. The fourth-order valence-corrected chi connectivity index (χ4v) is 1.64. The van der Waals surface area contributed by atoms with Crippen molar-refractivity contribution in [1.82, 2.24) is 0 Å². The van der Waals surface area contributed by atoms with E-state index in [2.05, 4.69) is 10.1 Å². The number of hydrogen-bond acceptors (Lipinski definition) is 5. The summed E-state index contributed by atoms with van der Waals surface area (Å²) >= 11 is 0. The second-order valence-corrected chi connectivity index (χ2v) is 4.52. The average Bonchev–Trinajstić information content (AvgIpc) is 2.34. The third kappa shape index (κ3) is 4.55. The Labute approximate surface area is 118 Å². The molecule has 1 atom stereocenters. The second-order valence-electron chi connectivity index (χ2n) is 4.52. The SMILES string of the molecule is CC(C)[C@@H](Nc1ccc([N+](=O)[O-])c(OC(F)F)c1)C(=O)O. The summed E-state index contributed by atoms with van der Waals surface area (Å²) in [5, 5.41) is 22.4. The molecule has 0 saturated heterocycles. The van der Waals surface area contributed by atoms with Gasteiger partial charge in [0.25, 0.3) is 0 Å². The third-order valence-corrected chi connectivity index (χ3v) is 2.63. The Balaban J connectivity index is 3.09. The second kappa shape index (κ2) is 6.82. The fraction of sp³-hybridized carbons (Fsp3) is 0.417. The van der Waals surface area contributed by atoms with Crippen LogP contribution in [-0.4, -0.2) is 28.7 Å². The molecule has 2 N–H and O–H groups in total. The molecule has 0 aliphatic rings. The number of benzene rings is 1. The number of nitrogens with one attached hydrogen (secondary N) is 1. The summed E-state index contributed by atoms with van der Waals surface area (Å²) in [6, 6.07) is 2.21. The quantitative estimate of drug-likeness (QED) is 0.593. The first kappa shape index (κ1) is 16.6. The maximum absolute atomic E-state index is 12.3. The Morgan fingerprint density at radius 1 is 1.43 bits per heavy atom. The molecule has 21 heavy (non-hydrogen) atoms. The molecule has 0 aliphatic carbocycles. The van der Waals surface area contributed by atoms with Gasteiger partial charge >= 0.3 is 18.3 Å². The van der Waals surface area contributed by atoms with Gasteiger partial charge in [0.2, 0.25) is 5.75 Å². The zero-order valence-corrected chi connectivity index (χ0v) is 11.2. The number of carboxylic acids is 1. The zero-order chi connectivity index (χ0) is 16.2. The van der Waals surface area contributed by atoms with Gasteiger partial charge in [-0.05, 0) is 12.0 Å². The van der Waals surface area contributed by atoms with E-state index in [4.69, 9.17) is 5.11 Å². The highest BCUT2D eigenvalue weighted by Crippen LogP contribution is 2.31. The molecule has 1 aromatic rings. The zero-order valence-electron chi connectivity index (χ0n) is 11.2. The van der Waals surface area contributed by atoms with Crippen LogP contribution >= 0.6 is 0 Å². The molecule has 0 heterocycles. The van der Waals surface area contributed by atoms with E-state index in [1.165, 1.54) is 6.07 Å². The number of alkyl halides is 2. The van der Waals surface area contributed by atoms with Crippen LogP contribution in [-0.2, 0) is 4.79 Å². The van der Waals surface area contributed by atoms with Crippen LogP contribution in [0.4, 0.5) is 20.2 Å². The monoisotopic (exact) mass is 304 g/mol. The van der Waals surface area contributed by atoms with Crippen molar-refractivity contribution >= 4 is 17.3 Å². The highest BCUT2D eigenvalue weighted by molar-refractivity contribution is 5.78. The van der Waals surface area contributed by atoms with E-state index in [-0.39, 0.29) is 11.6 Å². The van der Waals surface area contributed by atoms with Gasteiger partial charge in [-0.25, -0.2) is 4.79 Å². The fourth-order valence-electron chi connectivity index (χ4n) is 1.64. The van der Waals surface area contributed by atoms with Gasteiger partial charge in [0, 0.05) is 17.8 Å². The summed E-state index contributed by atoms with van der Waals surface area (Å²) in [7, 11) is 0. The number of ether oxygens (including phenoxy) is 1. The van der Waals surface area contributed by atoms with Crippen LogP contribution in [0.1, 0.15) is 13.8 Å². The van der Waals surface area contributed by atoms with Gasteiger partial charge in [0.15, 0.2) is 0 Å². The standard InChI is InChI=1S/C12H14F2N2O5/c1-6(2)10(11(17)18)15-7-3-4-8(16(19)20)9(5-7)21-12(13)14/h3-6,10,12,15H,1-2H3,(H,17,18)/t10-/m1/s1. The van der Waals surface area contributed by atoms with Crippen molar-refractivity contribution in [3.63, 3.8) is 0 Å². The van der Waals surface area contributed by atoms with Crippen molar-refractivity contribution in [2.24, 2.45) is 5.92 Å². The lowest BCUT2D eigenvalue weighted by Crippen LogP contribution is -2.34. The number of nitro benzene ring substituents is 1. The van der Waals surface area contributed by atoms with E-state index < -0.39 is 35.0 Å². The van der Waals surface area contributed by atoms with Crippen LogP contribution in [0.2, 0.25) is 0 Å². The number of aliphatic carboxylic acids is 1. The summed E-state index contributed by atoms with van der Waals surface area (Å²) < 4.78 is 28.6. The molecule has 7 nitrogen and oxygen atoms in total. The minimum Gasteiger partial charge on any atom is -0.480 e. The molecular weight excluding hydrogens is 290 g/mol. The molecule has 0 fully saturated rings. The van der Waals surface area contributed by atoms with Crippen LogP contribution in [0.5, 0.6) is 5.75 Å². The van der Waals surface area contributed by atoms with Gasteiger partial charge in [-0.15, -0.1) is 0 Å². The first-order valence-corrected chi connectivity index (χ1v) is 5.95. The van der Waals surface area contributed by atoms with E-state index >= 15 is 0 Å². The van der Waals surface area contributed by atoms with Crippen molar-refractivity contribution < 1.29 is 28.3 Å². The van der Waals surface area contributed by atoms with Crippen LogP contribution < -0.4 is 10.1 Å². The van der Waals surface area contributed by atoms with Gasteiger partial charge < -0.3 is 15.2 Å². The highest BCUT2D eigenvalue weighted by Gasteiger charge is 2.23. The van der Waals surface area contributed by atoms with Crippen molar-refractivity contribution in [2.75, 3.05) is 5.32 Å². The normalized spacial score (nSPS) is 12.3. The molecule has 0 spiro atoms. The van der Waals surface area contributed by atoms with E-state index in [0.29, 0.717) is 0 Å². The van der Waals surface area contributed by atoms with Crippen molar-refractivity contribution in [1.29, 1.82) is 0 Å². The third-order valence-electron chi connectivity index (χ3n) is 2.63. The van der Waals surface area contributed by atoms with Crippen molar-refractivity contribution in [3.05, 3.63) is 28.3 Å². The highest BCUT2D eigenvalue weighted by atomic mass is 19.3. The summed E-state index contributed by atoms with van der Waals surface area (Å²) in [4.78, 5) is 20.9. The van der Waals surface area contributed by atoms with Gasteiger partial charge in [-0.1, -0.05) is 13.8 Å². The smallest absolute Gasteiger partial charge is 0.387 e. The molecule has 0 aromatic heterocycles. The molecule has 116 valence electrons. The number of nitrogens with zero attached hydrogens (tertiary/aromatic N) is 1. The predicted molar refractivity (Wildman–Crippen MR) is 69.6 cm³/mol. The van der Waals surface area contributed by atoms with Gasteiger partial charge in [0.1, 0.15) is 6.04 Å². The molecule has 0 saturated carbocycles. The number of hydrogen-bond donors (Lipinski definition) is 2. The lowest BCUT2D eigenvalue weighted by molar-refractivity contribution is -0.386.